The lowest BCUT2D eigenvalue weighted by molar-refractivity contribution is 0.101. The lowest BCUT2D eigenvalue weighted by Crippen LogP contribution is -2.14. The van der Waals surface area contributed by atoms with E-state index in [4.69, 9.17) is 4.52 Å². The van der Waals surface area contributed by atoms with Crippen LogP contribution in [0.1, 0.15) is 28.5 Å². The molecule has 1 aromatic heterocycles. The van der Waals surface area contributed by atoms with Crippen LogP contribution in [0.5, 0.6) is 0 Å². The van der Waals surface area contributed by atoms with Crippen molar-refractivity contribution in [3.8, 4) is 11.3 Å². The Morgan fingerprint density at radius 2 is 1.73 bits per heavy atom. The van der Waals surface area contributed by atoms with Gasteiger partial charge in [0.2, 0.25) is 0 Å². The van der Waals surface area contributed by atoms with E-state index in [1.54, 1.807) is 49.4 Å². The molecule has 7 heteroatoms. The average molecular weight is 370 g/mol. The molecular weight excluding hydrogens is 352 g/mol. The molecule has 0 atom stereocenters. The average Bonchev–Trinajstić information content (AvgIpc) is 3.01. The van der Waals surface area contributed by atoms with Crippen molar-refractivity contribution in [2.24, 2.45) is 0 Å². The van der Waals surface area contributed by atoms with E-state index >= 15 is 0 Å². The molecule has 3 rings (SSSR count). The van der Waals surface area contributed by atoms with Gasteiger partial charge < -0.3 is 4.52 Å². The van der Waals surface area contributed by atoms with Crippen molar-refractivity contribution in [2.45, 2.75) is 25.7 Å². The van der Waals surface area contributed by atoms with E-state index in [2.05, 4.69) is 9.88 Å². The SMILES string of the molecule is CC(=O)c1ccc(NS(=O)(=O)c2ccc(-c3cc(C)no3)cc2C)cc1. The number of carbonyl (C=O) groups is 1. The van der Waals surface area contributed by atoms with E-state index < -0.39 is 10.0 Å². The Hall–Kier alpha value is -2.93. The second kappa shape index (κ2) is 6.76. The maximum Gasteiger partial charge on any atom is 0.262 e. The van der Waals surface area contributed by atoms with E-state index in [9.17, 15) is 13.2 Å². The molecule has 6 nitrogen and oxygen atoms in total. The molecule has 0 aliphatic carbocycles. The molecule has 0 radical (unpaired) electrons. The fourth-order valence-electron chi connectivity index (χ4n) is 2.59. The fourth-order valence-corrected chi connectivity index (χ4v) is 3.87. The lowest BCUT2D eigenvalue weighted by Gasteiger charge is -2.11. The Morgan fingerprint density at radius 1 is 1.04 bits per heavy atom. The molecule has 0 fully saturated rings. The highest BCUT2D eigenvalue weighted by atomic mass is 32.2. The van der Waals surface area contributed by atoms with Gasteiger partial charge in [0.1, 0.15) is 0 Å². The number of nitrogens with zero attached hydrogens (tertiary/aromatic N) is 1. The maximum atomic E-state index is 12.7. The molecule has 2 aromatic carbocycles. The molecule has 134 valence electrons. The van der Waals surface area contributed by atoms with E-state index in [0.29, 0.717) is 22.6 Å². The van der Waals surface area contributed by atoms with E-state index in [1.165, 1.54) is 13.0 Å². The molecule has 0 saturated carbocycles. The zero-order valence-corrected chi connectivity index (χ0v) is 15.4. The first-order chi connectivity index (χ1) is 12.3. The van der Waals surface area contributed by atoms with Crippen LogP contribution >= 0.6 is 0 Å². The van der Waals surface area contributed by atoms with E-state index in [1.807, 2.05) is 6.92 Å². The van der Waals surface area contributed by atoms with Crippen LogP contribution < -0.4 is 4.72 Å². The number of anilines is 1. The van der Waals surface area contributed by atoms with Crippen molar-refractivity contribution >= 4 is 21.5 Å². The van der Waals surface area contributed by atoms with Crippen LogP contribution in [0, 0.1) is 13.8 Å². The van der Waals surface area contributed by atoms with Crippen LogP contribution in [0.4, 0.5) is 5.69 Å². The zero-order chi connectivity index (χ0) is 18.9. The molecule has 26 heavy (non-hydrogen) atoms. The third-order valence-corrected chi connectivity index (χ3v) is 5.46. The van der Waals surface area contributed by atoms with Crippen LogP contribution in [-0.4, -0.2) is 19.4 Å². The molecule has 0 saturated heterocycles. The normalized spacial score (nSPS) is 11.3. The number of aryl methyl sites for hydroxylation is 2. The van der Waals surface area contributed by atoms with Gasteiger partial charge >= 0.3 is 0 Å². The first-order valence-corrected chi connectivity index (χ1v) is 9.43. The van der Waals surface area contributed by atoms with Gasteiger partial charge in [-0.05, 0) is 68.8 Å². The summed E-state index contributed by atoms with van der Waals surface area (Å²) in [6, 6.07) is 13.1. The van der Waals surface area contributed by atoms with Gasteiger partial charge in [-0.15, -0.1) is 0 Å². The highest BCUT2D eigenvalue weighted by Crippen LogP contribution is 2.26. The summed E-state index contributed by atoms with van der Waals surface area (Å²) in [6.07, 6.45) is 0. The van der Waals surface area contributed by atoms with Gasteiger partial charge in [-0.3, -0.25) is 9.52 Å². The van der Waals surface area contributed by atoms with E-state index in [0.717, 1.165) is 11.3 Å². The molecular formula is C19H18N2O4S. The summed E-state index contributed by atoms with van der Waals surface area (Å²) in [4.78, 5) is 11.5. The van der Waals surface area contributed by atoms with Gasteiger partial charge in [0, 0.05) is 22.9 Å². The number of rotatable bonds is 5. The number of carbonyl (C=O) groups excluding carboxylic acids is 1. The number of hydrogen-bond acceptors (Lipinski definition) is 5. The standard InChI is InChI=1S/C19H18N2O4S/c1-12-10-16(18-11-13(2)20-25-18)6-9-19(12)26(23,24)21-17-7-4-15(5-8-17)14(3)22/h4-11,21H,1-3H3. The predicted octanol–water partition coefficient (Wildman–Crippen LogP) is 3.96. The van der Waals surface area contributed by atoms with Crippen molar-refractivity contribution in [1.29, 1.82) is 0 Å². The van der Waals surface area contributed by atoms with Crippen molar-refractivity contribution in [2.75, 3.05) is 4.72 Å². The van der Waals surface area contributed by atoms with Crippen molar-refractivity contribution in [3.05, 3.63) is 65.4 Å². The highest BCUT2D eigenvalue weighted by molar-refractivity contribution is 7.92. The minimum Gasteiger partial charge on any atom is -0.356 e. The number of nitrogens with one attached hydrogen (secondary N) is 1. The Kier molecular flexibility index (Phi) is 4.65. The topological polar surface area (TPSA) is 89.3 Å². The molecule has 3 aromatic rings. The van der Waals surface area contributed by atoms with Gasteiger partial charge in [-0.2, -0.15) is 0 Å². The van der Waals surface area contributed by atoms with Gasteiger partial charge in [0.15, 0.2) is 11.5 Å². The summed E-state index contributed by atoms with van der Waals surface area (Å²) >= 11 is 0. The molecule has 0 aliphatic heterocycles. The molecule has 0 bridgehead atoms. The van der Waals surface area contributed by atoms with Gasteiger partial charge in [-0.1, -0.05) is 5.16 Å². The number of ketones is 1. The third-order valence-electron chi connectivity index (χ3n) is 3.92. The summed E-state index contributed by atoms with van der Waals surface area (Å²) in [7, 11) is -3.75. The number of aromatic nitrogens is 1. The molecule has 0 unspecified atom stereocenters. The first kappa shape index (κ1) is 17.9. The second-order valence-corrected chi connectivity index (χ2v) is 7.70. The summed E-state index contributed by atoms with van der Waals surface area (Å²) in [5.41, 5.74) is 3.02. The van der Waals surface area contributed by atoms with Crippen molar-refractivity contribution in [3.63, 3.8) is 0 Å². The van der Waals surface area contributed by atoms with Crippen LogP contribution in [0.2, 0.25) is 0 Å². The monoisotopic (exact) mass is 370 g/mol. The summed E-state index contributed by atoms with van der Waals surface area (Å²) in [5, 5.41) is 3.84. The first-order valence-electron chi connectivity index (χ1n) is 7.94. The lowest BCUT2D eigenvalue weighted by atomic mass is 10.1. The summed E-state index contributed by atoms with van der Waals surface area (Å²) < 4.78 is 33.1. The van der Waals surface area contributed by atoms with Gasteiger partial charge in [0.05, 0.1) is 10.6 Å². The van der Waals surface area contributed by atoms with E-state index in [-0.39, 0.29) is 10.7 Å². The predicted molar refractivity (Wildman–Crippen MR) is 98.7 cm³/mol. The van der Waals surface area contributed by atoms with Crippen LogP contribution in [0.25, 0.3) is 11.3 Å². The van der Waals surface area contributed by atoms with Crippen LogP contribution in [0.15, 0.2) is 57.9 Å². The third kappa shape index (κ3) is 3.67. The quantitative estimate of drug-likeness (QED) is 0.687. The van der Waals surface area contributed by atoms with Crippen LogP contribution in [-0.2, 0) is 10.0 Å². The maximum absolute atomic E-state index is 12.7. The largest absolute Gasteiger partial charge is 0.356 e. The number of hydrogen-bond donors (Lipinski definition) is 1. The Balaban J connectivity index is 1.88. The minimum absolute atomic E-state index is 0.0755. The second-order valence-electron chi connectivity index (χ2n) is 6.05. The summed E-state index contributed by atoms with van der Waals surface area (Å²) in [6.45, 7) is 5.00. The molecule has 1 N–H and O–H groups in total. The van der Waals surface area contributed by atoms with Crippen LogP contribution in [0.3, 0.4) is 0 Å². The Morgan fingerprint density at radius 3 is 2.27 bits per heavy atom. The van der Waals surface area contributed by atoms with Crippen molar-refractivity contribution in [1.82, 2.24) is 5.16 Å². The number of sulfonamides is 1. The smallest absolute Gasteiger partial charge is 0.262 e. The van der Waals surface area contributed by atoms with Gasteiger partial charge in [0.25, 0.3) is 10.0 Å². The zero-order valence-electron chi connectivity index (χ0n) is 14.6. The summed E-state index contributed by atoms with van der Waals surface area (Å²) in [5.74, 6) is 0.510. The number of benzene rings is 2. The van der Waals surface area contributed by atoms with Crippen molar-refractivity contribution < 1.29 is 17.7 Å². The number of Topliss-reactive ketones (excluding diaryl/α,β-unsaturated/α-hetero) is 1. The highest BCUT2D eigenvalue weighted by Gasteiger charge is 2.18. The Labute approximate surface area is 151 Å². The van der Waals surface area contributed by atoms with Gasteiger partial charge in [-0.25, -0.2) is 8.42 Å². The molecule has 0 aliphatic rings. The fraction of sp³-hybridized carbons (Fsp3) is 0.158. The molecule has 0 amide bonds. The molecule has 0 spiro atoms. The Bertz CT molecular complexity index is 1070. The minimum atomic E-state index is -3.75. The molecule has 1 heterocycles.